The minimum absolute atomic E-state index is 0.122. The molecule has 2 rings (SSSR count). The van der Waals surface area contributed by atoms with Gasteiger partial charge in [-0.1, -0.05) is 13.0 Å². The van der Waals surface area contributed by atoms with Gasteiger partial charge in [0.2, 0.25) is 11.4 Å². The molecule has 5 atom stereocenters. The summed E-state index contributed by atoms with van der Waals surface area (Å²) in [6.07, 6.45) is -1.53. The molecule has 10 nitrogen and oxygen atoms in total. The van der Waals surface area contributed by atoms with Crippen LogP contribution in [0.4, 0.5) is 0 Å². The van der Waals surface area contributed by atoms with E-state index in [4.69, 9.17) is 14.2 Å². The summed E-state index contributed by atoms with van der Waals surface area (Å²) in [5.41, 5.74) is -4.20. The van der Waals surface area contributed by atoms with E-state index in [1.807, 2.05) is 11.9 Å². The van der Waals surface area contributed by atoms with Crippen LogP contribution < -0.4 is 0 Å². The number of rotatable bonds is 2. The van der Waals surface area contributed by atoms with Crippen molar-refractivity contribution in [1.29, 1.82) is 0 Å². The number of hydrogen-bond donors (Lipinski definition) is 2. The number of likely N-dealkylation sites (N-methyl/N-ethyl adjacent to an activating group) is 1. The normalized spacial score (nSPS) is 36.4. The van der Waals surface area contributed by atoms with Crippen molar-refractivity contribution in [3.05, 3.63) is 11.6 Å². The number of ether oxygens (including phenoxy) is 3. The fourth-order valence-electron chi connectivity index (χ4n) is 3.62. The van der Waals surface area contributed by atoms with Gasteiger partial charge < -0.3 is 29.3 Å². The molecule has 1 fully saturated rings. The van der Waals surface area contributed by atoms with Crippen LogP contribution in [-0.4, -0.2) is 89.0 Å². The van der Waals surface area contributed by atoms with Crippen molar-refractivity contribution in [3.8, 4) is 0 Å². The van der Waals surface area contributed by atoms with Gasteiger partial charge >= 0.3 is 17.9 Å². The fourth-order valence-corrected chi connectivity index (χ4v) is 3.62. The van der Waals surface area contributed by atoms with E-state index in [0.717, 1.165) is 6.92 Å². The van der Waals surface area contributed by atoms with Crippen molar-refractivity contribution in [1.82, 2.24) is 4.90 Å². The van der Waals surface area contributed by atoms with Crippen molar-refractivity contribution in [2.45, 2.75) is 63.9 Å². The van der Waals surface area contributed by atoms with Crippen molar-refractivity contribution >= 4 is 23.7 Å². The number of cyclic esters (lactones) is 1. The first-order valence-corrected chi connectivity index (χ1v) is 10.2. The van der Waals surface area contributed by atoms with E-state index in [0.29, 0.717) is 13.1 Å². The highest BCUT2D eigenvalue weighted by Crippen LogP contribution is 2.34. The molecule has 10 heteroatoms. The first-order valence-electron chi connectivity index (χ1n) is 10.2. The highest BCUT2D eigenvalue weighted by atomic mass is 16.6. The van der Waals surface area contributed by atoms with Crippen LogP contribution in [0.1, 0.15) is 40.5 Å². The van der Waals surface area contributed by atoms with E-state index >= 15 is 0 Å². The molecule has 2 heterocycles. The lowest BCUT2D eigenvalue weighted by atomic mass is 9.78. The third kappa shape index (κ3) is 5.31. The Morgan fingerprint density at radius 3 is 2.55 bits per heavy atom. The van der Waals surface area contributed by atoms with Gasteiger partial charge in [-0.2, -0.15) is 0 Å². The Morgan fingerprint density at radius 2 is 1.97 bits per heavy atom. The zero-order valence-electron chi connectivity index (χ0n) is 18.5. The molecule has 2 aliphatic heterocycles. The van der Waals surface area contributed by atoms with Gasteiger partial charge in [-0.05, 0) is 27.3 Å². The molecule has 1 saturated heterocycles. The lowest BCUT2D eigenvalue weighted by Crippen LogP contribution is -2.57. The van der Waals surface area contributed by atoms with Crippen LogP contribution in [0.15, 0.2) is 11.6 Å². The van der Waals surface area contributed by atoms with Gasteiger partial charge in [0.1, 0.15) is 6.61 Å². The standard InChI is InChI=1S/C21H31NO9/c1-12-10-21(28,13(2)23)19(27)30-16-7-9-22(5)8-6-15(17(16)25)11-29-18(26)20(12,4)31-14(3)24/h6,12-13,16,23,28H,7-11H2,1-5H3/b15-6-/t12-,13?,16-,20-,21+/m1/s1. The second kappa shape index (κ2) is 9.46. The Labute approximate surface area is 181 Å². The molecule has 0 aromatic carbocycles. The molecular formula is C21H31NO9. The van der Waals surface area contributed by atoms with E-state index in [1.54, 1.807) is 6.08 Å². The number of nitrogens with zero attached hydrogens (tertiary/aromatic N) is 1. The average molecular weight is 441 g/mol. The summed E-state index contributed by atoms with van der Waals surface area (Å²) >= 11 is 0. The van der Waals surface area contributed by atoms with E-state index < -0.39 is 59.4 Å². The highest BCUT2D eigenvalue weighted by Gasteiger charge is 2.53. The van der Waals surface area contributed by atoms with Crippen LogP contribution >= 0.6 is 0 Å². The number of hydrogen-bond acceptors (Lipinski definition) is 10. The molecule has 2 N–H and O–H groups in total. The molecule has 0 amide bonds. The molecule has 0 aromatic rings. The van der Waals surface area contributed by atoms with E-state index in [2.05, 4.69) is 0 Å². The first kappa shape index (κ1) is 25.0. The second-order valence-electron chi connectivity index (χ2n) is 8.52. The Kier molecular flexibility index (Phi) is 7.61. The summed E-state index contributed by atoms with van der Waals surface area (Å²) in [5.74, 6) is -4.39. The van der Waals surface area contributed by atoms with E-state index in [1.165, 1.54) is 20.8 Å². The summed E-state index contributed by atoms with van der Waals surface area (Å²) in [6, 6.07) is 0. The minimum Gasteiger partial charge on any atom is -0.458 e. The number of carbonyl (C=O) groups is 4. The van der Waals surface area contributed by atoms with Gasteiger partial charge in [0.05, 0.1) is 6.10 Å². The number of aliphatic hydroxyl groups is 2. The molecular weight excluding hydrogens is 410 g/mol. The predicted molar refractivity (Wildman–Crippen MR) is 107 cm³/mol. The second-order valence-corrected chi connectivity index (χ2v) is 8.52. The Bertz CT molecular complexity index is 777. The van der Waals surface area contributed by atoms with Gasteiger partial charge in [0, 0.05) is 37.9 Å². The van der Waals surface area contributed by atoms with Crippen LogP contribution in [0.2, 0.25) is 0 Å². The van der Waals surface area contributed by atoms with E-state index in [9.17, 15) is 29.4 Å². The number of Topliss-reactive ketones (excluding diaryl/α,β-unsaturated/α-hetero) is 1. The third-order valence-corrected chi connectivity index (χ3v) is 6.00. The van der Waals surface area contributed by atoms with Crippen LogP contribution in [-0.2, 0) is 33.4 Å². The SMILES string of the molecule is CC(=O)O[C@@]1(C)C(=O)OC/C2=C/CN(C)CC[C@@H](OC(=O)[C@@](O)(C(C)O)C[C@H]1C)C2=O. The number of ketones is 1. The Morgan fingerprint density at radius 1 is 1.32 bits per heavy atom. The molecule has 2 bridgehead atoms. The van der Waals surface area contributed by atoms with Gasteiger partial charge in [-0.3, -0.25) is 9.59 Å². The number of esters is 3. The molecule has 0 radical (unpaired) electrons. The molecule has 0 aromatic heterocycles. The summed E-state index contributed by atoms with van der Waals surface area (Å²) in [5, 5.41) is 21.2. The summed E-state index contributed by atoms with van der Waals surface area (Å²) in [4.78, 5) is 52.4. The maximum Gasteiger partial charge on any atom is 0.350 e. The smallest absolute Gasteiger partial charge is 0.350 e. The van der Waals surface area contributed by atoms with Crippen molar-refractivity contribution < 1.29 is 43.6 Å². The monoisotopic (exact) mass is 441 g/mol. The van der Waals surface area contributed by atoms with Crippen molar-refractivity contribution in [2.75, 3.05) is 26.7 Å². The average Bonchev–Trinajstić information content (AvgIpc) is 2.67. The molecule has 31 heavy (non-hydrogen) atoms. The molecule has 0 saturated carbocycles. The minimum atomic E-state index is -2.45. The Balaban J connectivity index is 2.56. The topological polar surface area (TPSA) is 140 Å². The van der Waals surface area contributed by atoms with Crippen LogP contribution in [0.3, 0.4) is 0 Å². The Hall–Kier alpha value is -2.30. The number of fused-ring (bicyclic) bond motifs is 2. The quantitative estimate of drug-likeness (QED) is 0.435. The van der Waals surface area contributed by atoms with Gasteiger partial charge in [0.25, 0.3) is 0 Å². The van der Waals surface area contributed by atoms with Crippen molar-refractivity contribution in [2.24, 2.45) is 5.92 Å². The zero-order valence-corrected chi connectivity index (χ0v) is 18.5. The molecule has 1 unspecified atom stereocenters. The molecule has 0 aliphatic carbocycles. The van der Waals surface area contributed by atoms with Crippen LogP contribution in [0, 0.1) is 5.92 Å². The van der Waals surface area contributed by atoms with Gasteiger partial charge in [-0.25, -0.2) is 9.59 Å². The van der Waals surface area contributed by atoms with Gasteiger partial charge in [0.15, 0.2) is 11.7 Å². The van der Waals surface area contributed by atoms with Crippen LogP contribution in [0.25, 0.3) is 0 Å². The lowest BCUT2D eigenvalue weighted by molar-refractivity contribution is -0.199. The molecule has 0 spiro atoms. The summed E-state index contributed by atoms with van der Waals surface area (Å²) < 4.78 is 16.0. The summed E-state index contributed by atoms with van der Waals surface area (Å²) in [6.45, 7) is 5.55. The fraction of sp³-hybridized carbons (Fsp3) is 0.714. The molecule has 174 valence electrons. The highest BCUT2D eigenvalue weighted by molar-refractivity contribution is 6.01. The zero-order chi connectivity index (χ0) is 23.6. The number of carbonyl (C=O) groups excluding carboxylic acids is 4. The maximum atomic E-state index is 13.0. The van der Waals surface area contributed by atoms with Crippen molar-refractivity contribution in [3.63, 3.8) is 0 Å². The largest absolute Gasteiger partial charge is 0.458 e. The maximum absolute atomic E-state index is 13.0. The summed E-state index contributed by atoms with van der Waals surface area (Å²) in [7, 11) is 1.81. The van der Waals surface area contributed by atoms with Crippen LogP contribution in [0.5, 0.6) is 0 Å². The number of aliphatic hydroxyl groups excluding tert-OH is 1. The molecule has 2 aliphatic rings. The first-order chi connectivity index (χ1) is 14.3. The van der Waals surface area contributed by atoms with E-state index in [-0.39, 0.29) is 18.6 Å². The lowest BCUT2D eigenvalue weighted by Gasteiger charge is -2.39. The third-order valence-electron chi connectivity index (χ3n) is 6.00. The van der Waals surface area contributed by atoms with Gasteiger partial charge in [-0.15, -0.1) is 0 Å². The predicted octanol–water partition coefficient (Wildman–Crippen LogP) is -0.254.